The Balaban J connectivity index is 0.00000132. The number of hydrogen-bond acceptors (Lipinski definition) is 7. The third kappa shape index (κ3) is 5.03. The molecule has 2 aromatic carbocycles. The first-order valence-corrected chi connectivity index (χ1v) is 7.25. The molecule has 0 amide bonds. The fourth-order valence-corrected chi connectivity index (χ4v) is 2.19. The van der Waals surface area contributed by atoms with Crippen LogP contribution in [0.1, 0.15) is 0 Å². The molecule has 8 nitrogen and oxygen atoms in total. The Hall–Kier alpha value is -0.410. The van der Waals surface area contributed by atoms with E-state index >= 15 is 0 Å². The van der Waals surface area contributed by atoms with Crippen LogP contribution in [0.25, 0.3) is 16.7 Å². The number of nitrogens with zero attached hydrogens (tertiary/aromatic N) is 3. The van der Waals surface area contributed by atoms with Crippen LogP contribution in [-0.2, 0) is 4.57 Å². The number of phenolic OH excluding ortho intramolecular Hbond substituents is 1. The van der Waals surface area contributed by atoms with Crippen LogP contribution >= 0.6 is 7.82 Å². The summed E-state index contributed by atoms with van der Waals surface area (Å²) in [5.74, 6) is -0.410. The van der Waals surface area contributed by atoms with Crippen molar-refractivity contribution in [2.24, 2.45) is 0 Å². The summed E-state index contributed by atoms with van der Waals surface area (Å²) in [5.41, 5.74) is 1.29. The largest absolute Gasteiger partial charge is 1.00 e. The number of rotatable bonds is 3. The second kappa shape index (κ2) is 8.11. The minimum atomic E-state index is -5.17. The quantitative estimate of drug-likeness (QED) is 0.369. The van der Waals surface area contributed by atoms with Crippen LogP contribution in [-0.4, -0.2) is 20.1 Å². The maximum atomic E-state index is 10.6. The molecule has 0 spiro atoms. The average molecular weight is 351 g/mol. The van der Waals surface area contributed by atoms with E-state index in [9.17, 15) is 19.5 Å². The molecule has 11 heteroatoms. The monoisotopic (exact) mass is 351 g/mol. The van der Waals surface area contributed by atoms with E-state index in [4.69, 9.17) is 0 Å². The molecule has 0 radical (unpaired) electrons. The molecule has 1 heterocycles. The smallest absolute Gasteiger partial charge is 0.780 e. The third-order valence-electron chi connectivity index (χ3n) is 2.67. The molecule has 0 saturated carbocycles. The van der Waals surface area contributed by atoms with Gasteiger partial charge in [-0.2, -0.15) is 0 Å². The van der Waals surface area contributed by atoms with E-state index in [1.165, 1.54) is 6.07 Å². The van der Waals surface area contributed by atoms with Crippen LogP contribution in [0.3, 0.4) is 0 Å². The normalized spacial score (nSPS) is 10.7. The molecule has 0 aliphatic heterocycles. The predicted molar refractivity (Wildman–Crippen MR) is 68.8 cm³/mol. The second-order valence-electron chi connectivity index (χ2n) is 4.17. The van der Waals surface area contributed by atoms with Crippen molar-refractivity contribution in [3.05, 3.63) is 42.5 Å². The number of hydrogen-bond donors (Lipinski definition) is 1. The summed E-state index contributed by atoms with van der Waals surface area (Å²) in [4.78, 5) is 22.4. The molecule has 0 unspecified atom stereocenters. The molecule has 0 atom stereocenters. The number of aromatic nitrogens is 3. The number of phosphoric acid groups is 1. The molecule has 1 aromatic heterocycles. The molecule has 0 aliphatic carbocycles. The summed E-state index contributed by atoms with van der Waals surface area (Å²) in [6.07, 6.45) is 0. The molecule has 1 N–H and O–H groups in total. The van der Waals surface area contributed by atoms with Crippen molar-refractivity contribution < 1.29 is 83.1 Å². The van der Waals surface area contributed by atoms with Crippen LogP contribution in [0.15, 0.2) is 42.5 Å². The summed E-state index contributed by atoms with van der Waals surface area (Å²) in [7, 11) is -5.17. The number of phosphoric ester groups is 1. The predicted octanol–water partition coefficient (Wildman–Crippen LogP) is -5.66. The fraction of sp³-hybridized carbons (Fsp3) is 0. The zero-order chi connectivity index (χ0) is 15.0. The van der Waals surface area contributed by atoms with Gasteiger partial charge in [0, 0.05) is 6.07 Å². The topological polar surface area (TPSA) is 123 Å². The van der Waals surface area contributed by atoms with E-state index in [2.05, 4.69) is 14.7 Å². The molecule has 108 valence electrons. The Morgan fingerprint density at radius 3 is 2.13 bits per heavy atom. The van der Waals surface area contributed by atoms with Gasteiger partial charge in [0.25, 0.3) is 0 Å². The molecular weight excluding hydrogens is 343 g/mol. The van der Waals surface area contributed by atoms with Crippen LogP contribution in [0.2, 0.25) is 0 Å². The average Bonchev–Trinajstić information content (AvgIpc) is 2.83. The zero-order valence-corrected chi connectivity index (χ0v) is 17.3. The van der Waals surface area contributed by atoms with E-state index in [0.717, 1.165) is 16.9 Å². The SMILES string of the molecule is O=P([O-])([O-])Oc1ccc(O)c(-n2nc3ccccc3n2)c1.[Na+].[Na+]. The first-order chi connectivity index (χ1) is 9.92. The first-order valence-electron chi connectivity index (χ1n) is 5.79. The van der Waals surface area contributed by atoms with Gasteiger partial charge in [0.05, 0.1) is 0 Å². The Labute approximate surface area is 175 Å². The van der Waals surface area contributed by atoms with Crippen molar-refractivity contribution in [1.82, 2.24) is 15.0 Å². The van der Waals surface area contributed by atoms with Gasteiger partial charge < -0.3 is 24.0 Å². The van der Waals surface area contributed by atoms with Crippen molar-refractivity contribution in [1.29, 1.82) is 0 Å². The van der Waals surface area contributed by atoms with Gasteiger partial charge in [-0.25, -0.2) is 0 Å². The summed E-state index contributed by atoms with van der Waals surface area (Å²) in [6, 6.07) is 10.5. The van der Waals surface area contributed by atoms with Gasteiger partial charge in [0.1, 0.15) is 36.0 Å². The molecular formula is C12H8N3Na2O5P. The summed E-state index contributed by atoms with van der Waals surface area (Å²) < 4.78 is 14.9. The Morgan fingerprint density at radius 1 is 1.04 bits per heavy atom. The van der Waals surface area contributed by atoms with Gasteiger partial charge in [-0.15, -0.1) is 15.0 Å². The number of phenols is 1. The van der Waals surface area contributed by atoms with Crippen molar-refractivity contribution in [2.45, 2.75) is 0 Å². The maximum Gasteiger partial charge on any atom is 1.00 e. The van der Waals surface area contributed by atoms with Gasteiger partial charge in [-0.1, -0.05) is 12.1 Å². The zero-order valence-electron chi connectivity index (χ0n) is 12.4. The molecule has 23 heavy (non-hydrogen) atoms. The van der Waals surface area contributed by atoms with Gasteiger partial charge >= 0.3 is 59.1 Å². The van der Waals surface area contributed by atoms with E-state index < -0.39 is 7.82 Å². The van der Waals surface area contributed by atoms with Gasteiger partial charge in [-0.05, 0) is 24.3 Å². The Bertz CT molecular complexity index is 834. The van der Waals surface area contributed by atoms with Crippen molar-refractivity contribution >= 4 is 18.9 Å². The van der Waals surface area contributed by atoms with E-state index in [1.807, 2.05) is 0 Å². The van der Waals surface area contributed by atoms with Crippen molar-refractivity contribution in [2.75, 3.05) is 0 Å². The molecule has 0 saturated heterocycles. The number of aromatic hydroxyl groups is 1. The molecule has 0 bridgehead atoms. The standard InChI is InChI=1S/C12H10N3O5P.2Na/c16-12-6-5-8(20-21(17,18)19)7-11(12)15-13-9-3-1-2-4-10(9)14-15;;/h1-7,16H,(H2,17,18,19);;/q;2*+1/p-2. The van der Waals surface area contributed by atoms with Crippen LogP contribution < -0.4 is 73.4 Å². The number of benzene rings is 2. The van der Waals surface area contributed by atoms with Gasteiger partial charge in [0.15, 0.2) is 0 Å². The van der Waals surface area contributed by atoms with Crippen LogP contribution in [0, 0.1) is 0 Å². The minimum Gasteiger partial charge on any atom is -0.780 e. The van der Waals surface area contributed by atoms with E-state index in [-0.39, 0.29) is 76.3 Å². The van der Waals surface area contributed by atoms with Crippen LogP contribution in [0.4, 0.5) is 0 Å². The fourth-order valence-electron chi connectivity index (χ4n) is 1.82. The molecule has 0 aliphatic rings. The van der Waals surface area contributed by atoms with Gasteiger partial charge in [0.2, 0.25) is 0 Å². The summed E-state index contributed by atoms with van der Waals surface area (Å²) >= 11 is 0. The third-order valence-corrected chi connectivity index (χ3v) is 3.10. The Morgan fingerprint density at radius 2 is 1.61 bits per heavy atom. The summed E-state index contributed by atoms with van der Waals surface area (Å²) in [5, 5.41) is 18.1. The Kier molecular flexibility index (Phi) is 7.28. The minimum absolute atomic E-state index is 0. The molecule has 3 aromatic rings. The number of fused-ring (bicyclic) bond motifs is 1. The molecule has 3 rings (SSSR count). The first kappa shape index (κ1) is 20.6. The van der Waals surface area contributed by atoms with Gasteiger partial charge in [-0.3, -0.25) is 0 Å². The van der Waals surface area contributed by atoms with Crippen LogP contribution in [0.5, 0.6) is 11.5 Å². The van der Waals surface area contributed by atoms with Crippen molar-refractivity contribution in [3.8, 4) is 17.2 Å². The maximum absolute atomic E-state index is 10.6. The molecule has 0 fully saturated rings. The van der Waals surface area contributed by atoms with E-state index in [0.29, 0.717) is 11.0 Å². The second-order valence-corrected chi connectivity index (χ2v) is 5.24. The summed E-state index contributed by atoms with van der Waals surface area (Å²) in [6.45, 7) is 0. The van der Waals surface area contributed by atoms with E-state index in [1.54, 1.807) is 24.3 Å². The van der Waals surface area contributed by atoms with Crippen molar-refractivity contribution in [3.63, 3.8) is 0 Å².